The quantitative estimate of drug-likeness (QED) is 0.700. The summed E-state index contributed by atoms with van der Waals surface area (Å²) in [6, 6.07) is 5.40. The lowest BCUT2D eigenvalue weighted by Gasteiger charge is -2.07. The molecular formula is C17H18Cl2N2OS. The summed E-state index contributed by atoms with van der Waals surface area (Å²) in [6.07, 6.45) is 6.72. The van der Waals surface area contributed by atoms with Crippen LogP contribution < -0.4 is 5.32 Å². The Morgan fingerprint density at radius 3 is 2.78 bits per heavy atom. The molecule has 1 aromatic heterocycles. The molecule has 1 fully saturated rings. The van der Waals surface area contributed by atoms with Crippen molar-refractivity contribution < 1.29 is 4.79 Å². The molecule has 1 N–H and O–H groups in total. The maximum absolute atomic E-state index is 12.0. The van der Waals surface area contributed by atoms with Gasteiger partial charge in [-0.25, -0.2) is 4.98 Å². The topological polar surface area (TPSA) is 42.0 Å². The second kappa shape index (κ2) is 7.65. The number of hydrogen-bond donors (Lipinski definition) is 1. The third-order valence-corrected chi connectivity index (χ3v) is 5.72. The number of hydrogen-bond acceptors (Lipinski definition) is 3. The fraction of sp³-hybridized carbons (Fsp3) is 0.412. The van der Waals surface area contributed by atoms with Gasteiger partial charge in [0.25, 0.3) is 0 Å². The van der Waals surface area contributed by atoms with E-state index in [9.17, 15) is 4.79 Å². The van der Waals surface area contributed by atoms with Gasteiger partial charge < -0.3 is 5.32 Å². The lowest BCUT2D eigenvalue weighted by Crippen LogP contribution is -2.12. The van der Waals surface area contributed by atoms with Crippen LogP contribution in [0.15, 0.2) is 23.6 Å². The summed E-state index contributed by atoms with van der Waals surface area (Å²) >= 11 is 13.4. The van der Waals surface area contributed by atoms with Gasteiger partial charge in [-0.2, -0.15) is 0 Å². The van der Waals surface area contributed by atoms with Crippen molar-refractivity contribution in [1.29, 1.82) is 0 Å². The van der Waals surface area contributed by atoms with Gasteiger partial charge >= 0.3 is 0 Å². The van der Waals surface area contributed by atoms with E-state index in [-0.39, 0.29) is 5.91 Å². The molecule has 1 aromatic carbocycles. The molecule has 0 aliphatic heterocycles. The summed E-state index contributed by atoms with van der Waals surface area (Å²) < 4.78 is 0. The van der Waals surface area contributed by atoms with E-state index in [1.54, 1.807) is 12.1 Å². The molecular weight excluding hydrogens is 351 g/mol. The summed E-state index contributed by atoms with van der Waals surface area (Å²) in [5.41, 5.74) is 1.68. The van der Waals surface area contributed by atoms with Gasteiger partial charge in [0.15, 0.2) is 5.13 Å². The van der Waals surface area contributed by atoms with Gasteiger partial charge in [-0.15, -0.1) is 11.3 Å². The average molecular weight is 369 g/mol. The van der Waals surface area contributed by atoms with Gasteiger partial charge in [-0.05, 0) is 24.5 Å². The predicted octanol–water partition coefficient (Wildman–Crippen LogP) is 6.03. The average Bonchev–Trinajstić information content (AvgIpc) is 3.19. The molecule has 6 heteroatoms. The number of carbonyl (C=O) groups is 1. The zero-order valence-electron chi connectivity index (χ0n) is 12.6. The molecule has 0 atom stereocenters. The third-order valence-electron chi connectivity index (χ3n) is 4.22. The molecule has 1 saturated carbocycles. The molecule has 0 bridgehead atoms. The van der Waals surface area contributed by atoms with Gasteiger partial charge in [0.1, 0.15) is 0 Å². The molecule has 3 nitrogen and oxygen atoms in total. The first-order chi connectivity index (χ1) is 11.1. The predicted molar refractivity (Wildman–Crippen MR) is 97.4 cm³/mol. The standard InChI is InChI=1S/C17H18Cl2N2OS/c18-13-7-6-12(9-14(13)19)15-10-23-17(20-15)21-16(22)8-5-11-3-1-2-4-11/h6-7,9-11H,1-5,8H2,(H,20,21,22). The lowest BCUT2D eigenvalue weighted by atomic mass is 10.0. The van der Waals surface area contributed by atoms with Crippen LogP contribution >= 0.6 is 34.5 Å². The molecule has 3 rings (SSSR count). The maximum Gasteiger partial charge on any atom is 0.226 e. The monoisotopic (exact) mass is 368 g/mol. The molecule has 0 saturated heterocycles. The van der Waals surface area contributed by atoms with Crippen LogP contribution in [-0.4, -0.2) is 10.9 Å². The summed E-state index contributed by atoms with van der Waals surface area (Å²) in [6.45, 7) is 0. The lowest BCUT2D eigenvalue weighted by molar-refractivity contribution is -0.116. The Balaban J connectivity index is 1.58. The van der Waals surface area contributed by atoms with Crippen molar-refractivity contribution in [3.63, 3.8) is 0 Å². The number of nitrogens with one attached hydrogen (secondary N) is 1. The number of anilines is 1. The molecule has 23 heavy (non-hydrogen) atoms. The molecule has 1 amide bonds. The van der Waals surface area contributed by atoms with Crippen molar-refractivity contribution in [3.8, 4) is 11.3 Å². The number of amides is 1. The molecule has 0 spiro atoms. The van der Waals surface area contributed by atoms with Gasteiger partial charge in [-0.3, -0.25) is 4.79 Å². The number of rotatable bonds is 5. The fourth-order valence-corrected chi connectivity index (χ4v) is 3.97. The van der Waals surface area contributed by atoms with E-state index >= 15 is 0 Å². The van der Waals surface area contributed by atoms with Crippen LogP contribution in [0.1, 0.15) is 38.5 Å². The van der Waals surface area contributed by atoms with Crippen molar-refractivity contribution in [1.82, 2.24) is 4.98 Å². The van der Waals surface area contributed by atoms with E-state index in [2.05, 4.69) is 10.3 Å². The maximum atomic E-state index is 12.0. The first-order valence-corrected chi connectivity index (χ1v) is 9.46. The molecule has 0 radical (unpaired) electrons. The number of benzene rings is 1. The van der Waals surface area contributed by atoms with Crippen LogP contribution in [0, 0.1) is 5.92 Å². The van der Waals surface area contributed by atoms with Crippen LogP contribution in [0.3, 0.4) is 0 Å². The first-order valence-electron chi connectivity index (χ1n) is 7.82. The summed E-state index contributed by atoms with van der Waals surface area (Å²) in [4.78, 5) is 16.5. The first kappa shape index (κ1) is 16.7. The van der Waals surface area contributed by atoms with Crippen molar-refractivity contribution in [2.45, 2.75) is 38.5 Å². The molecule has 1 heterocycles. The largest absolute Gasteiger partial charge is 0.302 e. The van der Waals surface area contributed by atoms with Crippen LogP contribution in [0.2, 0.25) is 10.0 Å². The molecule has 1 aliphatic carbocycles. The Kier molecular flexibility index (Phi) is 5.57. The van der Waals surface area contributed by atoms with E-state index in [0.717, 1.165) is 23.6 Å². The van der Waals surface area contributed by atoms with Crippen molar-refractivity contribution >= 4 is 45.6 Å². The Bertz CT molecular complexity index is 696. The normalized spacial score (nSPS) is 15.0. The number of thiazole rings is 1. The Morgan fingerprint density at radius 1 is 1.26 bits per heavy atom. The zero-order valence-corrected chi connectivity index (χ0v) is 15.0. The Hall–Kier alpha value is -1.10. The minimum absolute atomic E-state index is 0.0481. The van der Waals surface area contributed by atoms with E-state index in [0.29, 0.717) is 21.6 Å². The van der Waals surface area contributed by atoms with Crippen LogP contribution in [0.5, 0.6) is 0 Å². The molecule has 0 unspecified atom stereocenters. The van der Waals surface area contributed by atoms with E-state index in [1.807, 2.05) is 11.4 Å². The van der Waals surface area contributed by atoms with Gasteiger partial charge in [0.05, 0.1) is 15.7 Å². The van der Waals surface area contributed by atoms with E-state index in [1.165, 1.54) is 37.0 Å². The summed E-state index contributed by atoms with van der Waals surface area (Å²) in [5.74, 6) is 0.774. The third kappa shape index (κ3) is 4.46. The summed E-state index contributed by atoms with van der Waals surface area (Å²) in [7, 11) is 0. The van der Waals surface area contributed by atoms with E-state index < -0.39 is 0 Å². The molecule has 1 aliphatic rings. The SMILES string of the molecule is O=C(CCC1CCCC1)Nc1nc(-c2ccc(Cl)c(Cl)c2)cs1. The highest BCUT2D eigenvalue weighted by Gasteiger charge is 2.16. The zero-order chi connectivity index (χ0) is 16.2. The highest BCUT2D eigenvalue weighted by atomic mass is 35.5. The van der Waals surface area contributed by atoms with Crippen molar-refractivity contribution in [2.75, 3.05) is 5.32 Å². The van der Waals surface area contributed by atoms with Crippen molar-refractivity contribution in [2.24, 2.45) is 5.92 Å². The number of carbonyl (C=O) groups excluding carboxylic acids is 1. The van der Waals surface area contributed by atoms with Crippen LogP contribution in [0.25, 0.3) is 11.3 Å². The van der Waals surface area contributed by atoms with Gasteiger partial charge in [-0.1, -0.05) is 55.0 Å². The van der Waals surface area contributed by atoms with Crippen molar-refractivity contribution in [3.05, 3.63) is 33.6 Å². The number of nitrogens with zero attached hydrogens (tertiary/aromatic N) is 1. The van der Waals surface area contributed by atoms with E-state index in [4.69, 9.17) is 23.2 Å². The van der Waals surface area contributed by atoms with Crippen LogP contribution in [-0.2, 0) is 4.79 Å². The number of halogens is 2. The smallest absolute Gasteiger partial charge is 0.226 e. The highest BCUT2D eigenvalue weighted by molar-refractivity contribution is 7.14. The summed E-state index contributed by atoms with van der Waals surface area (Å²) in [5, 5.41) is 6.45. The minimum atomic E-state index is 0.0481. The molecule has 122 valence electrons. The van der Waals surface area contributed by atoms with Crippen LogP contribution in [0.4, 0.5) is 5.13 Å². The fourth-order valence-electron chi connectivity index (χ4n) is 2.94. The second-order valence-corrected chi connectivity index (χ2v) is 7.58. The number of aromatic nitrogens is 1. The second-order valence-electron chi connectivity index (χ2n) is 5.90. The highest BCUT2D eigenvalue weighted by Crippen LogP contribution is 2.31. The Labute approximate surface area is 150 Å². The Morgan fingerprint density at radius 2 is 2.04 bits per heavy atom. The molecule has 2 aromatic rings. The van der Waals surface area contributed by atoms with Gasteiger partial charge in [0, 0.05) is 17.4 Å². The minimum Gasteiger partial charge on any atom is -0.302 e. The van der Waals surface area contributed by atoms with Gasteiger partial charge in [0.2, 0.25) is 5.91 Å².